The summed E-state index contributed by atoms with van der Waals surface area (Å²) in [6.07, 6.45) is 4.53. The molecule has 434 valence electrons. The number of piperidine rings is 1. The van der Waals surface area contributed by atoms with Crippen molar-refractivity contribution in [3.63, 3.8) is 0 Å². The van der Waals surface area contributed by atoms with Crippen LogP contribution in [0.2, 0.25) is 0 Å². The van der Waals surface area contributed by atoms with Gasteiger partial charge in [0.25, 0.3) is 6.47 Å². The second kappa shape index (κ2) is 38.7. The topological polar surface area (TPSA) is 410 Å². The van der Waals surface area contributed by atoms with E-state index in [4.69, 9.17) is 61.8 Å². The maximum absolute atomic E-state index is 11.6. The lowest BCUT2D eigenvalue weighted by molar-refractivity contribution is -0.141. The molecular weight excluding hydrogens is 1220 g/mol. The highest BCUT2D eigenvalue weighted by Gasteiger charge is 2.47. The van der Waals surface area contributed by atoms with Crippen LogP contribution in [0.3, 0.4) is 0 Å². The molecule has 2 aliphatic heterocycles. The normalized spacial score (nSPS) is 22.3. The van der Waals surface area contributed by atoms with Crippen molar-refractivity contribution in [3.8, 4) is 0 Å². The molecule has 0 spiro atoms. The Labute approximate surface area is 459 Å². The molecule has 26 nitrogen and oxygen atoms in total. The van der Waals surface area contributed by atoms with E-state index in [2.05, 4.69) is 67.7 Å². The van der Waals surface area contributed by atoms with Gasteiger partial charge < -0.3 is 76.1 Å². The van der Waals surface area contributed by atoms with E-state index in [9.17, 15) is 47.1 Å². The number of aliphatic hydroxyl groups is 1. The Kier molecular flexibility index (Phi) is 40.3. The highest BCUT2D eigenvalue weighted by atomic mass is 32.2. The number of aliphatic hydroxyl groups excluding tert-OH is 1. The first kappa shape index (κ1) is 77.1. The summed E-state index contributed by atoms with van der Waals surface area (Å²) in [4.78, 5) is 78.9. The highest BCUT2D eigenvalue weighted by Crippen LogP contribution is 2.37. The van der Waals surface area contributed by atoms with E-state index >= 15 is 0 Å². The second-order valence-electron chi connectivity index (χ2n) is 17.7. The first-order valence-corrected chi connectivity index (χ1v) is 40.0. The van der Waals surface area contributed by atoms with Crippen LogP contribution in [0.5, 0.6) is 0 Å². The summed E-state index contributed by atoms with van der Waals surface area (Å²) in [5.74, 6) is -2.30. The number of hydrogen-bond donors (Lipinski definition) is 7. The number of morpholine rings is 1. The average Bonchev–Trinajstić information content (AvgIpc) is 3.97. The number of hydrogen-bond acceptors (Lipinski definition) is 25. The molecule has 2 aliphatic carbocycles. The highest BCUT2D eigenvalue weighted by molar-refractivity contribution is 8.01. The maximum Gasteiger partial charge on any atom is 0.329 e. The molecule has 0 bridgehead atoms. The standard InChI is InChI=1S/C8H18N2O3P2.C7H16N2O4P2S.C6H13NO4P2.C6H13NO3P2.C4H9NO2P2.C4H11NO2P2/c1-8(9,7(11)13-15-14)6-10-2-4-12-5-3-10;1-16(11,12)9-4-2-7(8,3-5-9)6(10)13-15-14;1-6(7,2-3-10-4-8)5(9)11-13-12;7-6(5(9)10-12-11)2-1-4(8)3-6;5-4(1-2-4)3(6)7-9-8;1-4(2,5)3(6)7-9-8/h15H,2-6,9,14H2,1H3;15H,2-5,8,14H2,1H3;4,13H,2-3,7,12H2,1H3;4,8,12H,1-3,7,11H2;9H,1-2,5,8H2;9H,5,8H2,1-2H3/t8-;;6-;;;/m1.1.../s1. The molecule has 2 heterocycles. The van der Waals surface area contributed by atoms with Gasteiger partial charge in [0.05, 0.1) is 83.2 Å². The minimum absolute atomic E-state index is 0.00620. The molecule has 0 radical (unpaired) electrons. The number of nitrogens with two attached hydrogens (primary N) is 6. The molecule has 74 heavy (non-hydrogen) atoms. The molecule has 0 aromatic carbocycles. The summed E-state index contributed by atoms with van der Waals surface area (Å²) in [6, 6.07) is 0. The van der Waals surface area contributed by atoms with Crippen LogP contribution in [0.4, 0.5) is 0 Å². The zero-order valence-corrected chi connectivity index (χ0v) is 55.8. The molecule has 4 rings (SSSR count). The van der Waals surface area contributed by atoms with E-state index in [-0.39, 0.29) is 95.0 Å². The molecule has 2 saturated heterocycles. The smallest absolute Gasteiger partial charge is 0.329 e. The molecule has 4 aliphatic rings. The Balaban J connectivity index is 0. The first-order valence-electron chi connectivity index (χ1n) is 21.9. The lowest BCUT2D eigenvalue weighted by Crippen LogP contribution is -2.56. The van der Waals surface area contributed by atoms with Crippen molar-refractivity contribution in [2.75, 3.05) is 58.8 Å². The van der Waals surface area contributed by atoms with Gasteiger partial charge in [0.15, 0.2) is 0 Å². The van der Waals surface area contributed by atoms with Gasteiger partial charge in [-0.2, -0.15) is 0 Å². The summed E-state index contributed by atoms with van der Waals surface area (Å²) in [5.41, 5.74) is 28.6. The minimum atomic E-state index is -3.19. The van der Waals surface area contributed by atoms with E-state index in [1.807, 2.05) is 0 Å². The van der Waals surface area contributed by atoms with Crippen LogP contribution in [0, 0.1) is 0 Å². The molecule has 2 saturated carbocycles. The zero-order chi connectivity index (χ0) is 57.6. The fourth-order valence-corrected chi connectivity index (χ4v) is 10.4. The van der Waals surface area contributed by atoms with Crippen LogP contribution in [0.15, 0.2) is 0 Å². The van der Waals surface area contributed by atoms with Crippen molar-refractivity contribution < 1.29 is 83.7 Å². The van der Waals surface area contributed by atoms with Gasteiger partial charge in [-0.1, -0.05) is 53.6 Å². The molecule has 0 aromatic heterocycles. The number of ether oxygens (including phenoxy) is 2. The third-order valence-corrected chi connectivity index (χ3v) is 15.7. The van der Waals surface area contributed by atoms with Crippen LogP contribution in [-0.2, 0) is 80.2 Å². The Morgan fingerprint density at radius 2 is 1.04 bits per heavy atom. The molecule has 13 N–H and O–H groups in total. The number of sulfonamides is 1. The van der Waals surface area contributed by atoms with Crippen LogP contribution in [-0.4, -0.2) is 163 Å². The molecule has 39 heteroatoms. The van der Waals surface area contributed by atoms with E-state index in [1.165, 1.54) is 11.2 Å². The molecule has 4 fully saturated rings. The molecule has 0 aromatic rings. The lowest BCUT2D eigenvalue weighted by Gasteiger charge is -2.35. The Morgan fingerprint density at radius 1 is 0.649 bits per heavy atom. The Hall–Kier alpha value is 1.000. The van der Waals surface area contributed by atoms with Crippen molar-refractivity contribution in [2.45, 2.75) is 118 Å². The van der Waals surface area contributed by atoms with E-state index < -0.39 is 67.3 Å². The number of rotatable bonds is 19. The van der Waals surface area contributed by atoms with Gasteiger partial charge in [0.1, 0.15) is 33.2 Å². The largest absolute Gasteiger partial charge is 0.468 e. The van der Waals surface area contributed by atoms with Crippen LogP contribution in [0.1, 0.15) is 79.1 Å². The predicted octanol–water partition coefficient (Wildman–Crippen LogP) is 1.03. The van der Waals surface area contributed by atoms with Gasteiger partial charge in [-0.05, 0) is 66.2 Å². The number of carbonyl (C=O) groups is 7. The van der Waals surface area contributed by atoms with Gasteiger partial charge in [0, 0.05) is 45.6 Å². The first-order chi connectivity index (χ1) is 34.1. The van der Waals surface area contributed by atoms with Crippen molar-refractivity contribution in [1.29, 1.82) is 0 Å². The summed E-state index contributed by atoms with van der Waals surface area (Å²) in [7, 11) is 11.1. The van der Waals surface area contributed by atoms with Crippen molar-refractivity contribution >= 4 is 157 Å². The third kappa shape index (κ3) is 32.4. The lowest BCUT2D eigenvalue weighted by atomic mass is 9.90. The van der Waals surface area contributed by atoms with Gasteiger partial charge in [-0.3, -0.25) is 9.69 Å². The summed E-state index contributed by atoms with van der Waals surface area (Å²) < 4.78 is 62.1. The maximum atomic E-state index is 11.6. The SMILES string of the molecule is CC(C)(N)C(=O)OPP.CS(=O)(=O)N1CCC(N)(C(=O)OPP)CC1.C[C@@](N)(CCOC=O)C(=O)OPP.C[C@@](N)(CN1CCOCC1)C(=O)OPP.NC1(C(=O)OPP)CC1.NC1(C(=O)OPP)CCC(O)C1. The zero-order valence-electron chi connectivity index (χ0n) is 42.1. The Bertz CT molecular complexity index is 1840. The molecule has 14 unspecified atom stereocenters. The van der Waals surface area contributed by atoms with Crippen molar-refractivity contribution in [1.82, 2.24) is 9.21 Å². The second-order valence-corrected chi connectivity index (χ2v) is 26.6. The summed E-state index contributed by atoms with van der Waals surface area (Å²) in [5, 5.41) is 9.19. The van der Waals surface area contributed by atoms with Crippen LogP contribution >= 0.6 is 105 Å². The Morgan fingerprint density at radius 3 is 1.38 bits per heavy atom. The minimum Gasteiger partial charge on any atom is -0.468 e. The van der Waals surface area contributed by atoms with E-state index in [1.54, 1.807) is 20.8 Å². The fraction of sp³-hybridized carbons (Fsp3) is 0.800. The summed E-state index contributed by atoms with van der Waals surface area (Å²) >= 11 is 0. The van der Waals surface area contributed by atoms with Crippen molar-refractivity contribution in [2.24, 2.45) is 34.4 Å². The molecular formula is C35H80N8O18P12S. The number of nitrogens with zero attached hydrogens (tertiary/aromatic N) is 2. The quantitative estimate of drug-likeness (QED) is 0.0411. The van der Waals surface area contributed by atoms with Crippen LogP contribution < -0.4 is 34.4 Å². The van der Waals surface area contributed by atoms with Crippen LogP contribution in [0.25, 0.3) is 0 Å². The average molecular weight is 1300 g/mol. The predicted molar refractivity (Wildman–Crippen MR) is 318 cm³/mol. The third-order valence-electron chi connectivity index (χ3n) is 10.4. The number of carbonyl (C=O) groups excluding carboxylic acids is 7. The van der Waals surface area contributed by atoms with Gasteiger partial charge >= 0.3 is 35.8 Å². The monoisotopic (exact) mass is 1300 g/mol. The van der Waals surface area contributed by atoms with Gasteiger partial charge in [-0.15, -0.1) is 0 Å². The van der Waals surface area contributed by atoms with E-state index in [0.29, 0.717) is 58.3 Å². The summed E-state index contributed by atoms with van der Waals surface area (Å²) in [6.45, 7) is 11.0. The molecule has 0 amide bonds. The molecule has 16 atom stereocenters. The van der Waals surface area contributed by atoms with Gasteiger partial charge in [-0.25, -0.2) is 41.5 Å². The van der Waals surface area contributed by atoms with Gasteiger partial charge in [0.2, 0.25) is 10.0 Å². The van der Waals surface area contributed by atoms with E-state index in [0.717, 1.165) is 32.2 Å². The van der Waals surface area contributed by atoms with Crippen molar-refractivity contribution in [3.05, 3.63) is 0 Å². The fourth-order valence-electron chi connectivity index (χ4n) is 5.69.